The standard InChI is InChI=1S/C12H22N2O4/c1-8(2)11(13)12(17)14-5-3-9(4-6-14)18-7-10(15)16/h8-9,11H,3-7,13H2,1-2H3,(H,15,16). The van der Waals surface area contributed by atoms with Crippen LogP contribution in [-0.4, -0.2) is 53.7 Å². The van der Waals surface area contributed by atoms with Crippen molar-refractivity contribution in [3.05, 3.63) is 0 Å². The SMILES string of the molecule is CC(C)C(N)C(=O)N1CCC(OCC(=O)O)CC1. The topological polar surface area (TPSA) is 92.9 Å². The van der Waals surface area contributed by atoms with E-state index in [1.807, 2.05) is 13.8 Å². The molecule has 0 aliphatic carbocycles. The number of nitrogens with zero attached hydrogens (tertiary/aromatic N) is 1. The lowest BCUT2D eigenvalue weighted by atomic mass is 10.0. The number of carbonyl (C=O) groups is 2. The van der Waals surface area contributed by atoms with Crippen molar-refractivity contribution in [2.24, 2.45) is 11.7 Å². The van der Waals surface area contributed by atoms with Crippen LogP contribution in [0.3, 0.4) is 0 Å². The van der Waals surface area contributed by atoms with E-state index in [0.29, 0.717) is 25.9 Å². The zero-order chi connectivity index (χ0) is 13.7. The smallest absolute Gasteiger partial charge is 0.329 e. The van der Waals surface area contributed by atoms with Gasteiger partial charge in [-0.15, -0.1) is 0 Å². The fourth-order valence-corrected chi connectivity index (χ4v) is 1.93. The van der Waals surface area contributed by atoms with Crippen molar-refractivity contribution in [1.82, 2.24) is 4.90 Å². The van der Waals surface area contributed by atoms with Crippen LogP contribution in [-0.2, 0) is 14.3 Å². The van der Waals surface area contributed by atoms with Crippen LogP contribution in [0.25, 0.3) is 0 Å². The van der Waals surface area contributed by atoms with Gasteiger partial charge in [0.25, 0.3) is 0 Å². The highest BCUT2D eigenvalue weighted by Crippen LogP contribution is 2.15. The number of likely N-dealkylation sites (tertiary alicyclic amines) is 1. The summed E-state index contributed by atoms with van der Waals surface area (Å²) < 4.78 is 5.21. The van der Waals surface area contributed by atoms with Gasteiger partial charge in [0.2, 0.25) is 5.91 Å². The van der Waals surface area contributed by atoms with Crippen LogP contribution < -0.4 is 5.73 Å². The Labute approximate surface area is 107 Å². The van der Waals surface area contributed by atoms with Crippen LogP contribution in [0, 0.1) is 5.92 Å². The van der Waals surface area contributed by atoms with Crippen LogP contribution in [0.1, 0.15) is 26.7 Å². The van der Waals surface area contributed by atoms with Gasteiger partial charge in [0.1, 0.15) is 6.61 Å². The maximum Gasteiger partial charge on any atom is 0.329 e. The molecule has 1 amide bonds. The molecule has 0 aromatic heterocycles. The minimum Gasteiger partial charge on any atom is -0.480 e. The molecule has 1 aliphatic rings. The van der Waals surface area contributed by atoms with Crippen molar-refractivity contribution in [3.63, 3.8) is 0 Å². The van der Waals surface area contributed by atoms with Gasteiger partial charge in [-0.1, -0.05) is 13.8 Å². The van der Waals surface area contributed by atoms with E-state index in [0.717, 1.165) is 0 Å². The second-order valence-corrected chi connectivity index (χ2v) is 5.00. The molecule has 0 bridgehead atoms. The van der Waals surface area contributed by atoms with Crippen LogP contribution in [0.2, 0.25) is 0 Å². The molecular weight excluding hydrogens is 236 g/mol. The molecule has 6 nitrogen and oxygen atoms in total. The maximum atomic E-state index is 12.0. The summed E-state index contributed by atoms with van der Waals surface area (Å²) in [7, 11) is 0. The molecule has 104 valence electrons. The highest BCUT2D eigenvalue weighted by molar-refractivity contribution is 5.82. The molecule has 6 heteroatoms. The summed E-state index contributed by atoms with van der Waals surface area (Å²) in [6.45, 7) is 4.74. The Kier molecular flexibility index (Phi) is 5.55. The Hall–Kier alpha value is -1.14. The van der Waals surface area contributed by atoms with Crippen LogP contribution in [0.4, 0.5) is 0 Å². The third-order valence-electron chi connectivity index (χ3n) is 3.20. The van der Waals surface area contributed by atoms with Gasteiger partial charge in [0.05, 0.1) is 12.1 Å². The highest BCUT2D eigenvalue weighted by atomic mass is 16.5. The van der Waals surface area contributed by atoms with Gasteiger partial charge in [0.15, 0.2) is 0 Å². The van der Waals surface area contributed by atoms with E-state index in [9.17, 15) is 9.59 Å². The first-order valence-corrected chi connectivity index (χ1v) is 6.29. The minimum atomic E-state index is -0.963. The molecular formula is C12H22N2O4. The molecule has 1 saturated heterocycles. The summed E-state index contributed by atoms with van der Waals surface area (Å²) in [5.41, 5.74) is 5.82. The Morgan fingerprint density at radius 2 is 1.94 bits per heavy atom. The summed E-state index contributed by atoms with van der Waals surface area (Å²) >= 11 is 0. The van der Waals surface area contributed by atoms with Crippen molar-refractivity contribution in [1.29, 1.82) is 0 Å². The van der Waals surface area contributed by atoms with Crippen molar-refractivity contribution in [2.75, 3.05) is 19.7 Å². The average molecular weight is 258 g/mol. The zero-order valence-electron chi connectivity index (χ0n) is 11.0. The summed E-state index contributed by atoms with van der Waals surface area (Å²) in [6, 6.07) is -0.457. The Morgan fingerprint density at radius 3 is 2.39 bits per heavy atom. The molecule has 0 radical (unpaired) electrons. The molecule has 0 saturated carbocycles. The average Bonchev–Trinajstić information content (AvgIpc) is 2.35. The first kappa shape index (κ1) is 14.9. The number of carboxylic acids is 1. The van der Waals surface area contributed by atoms with Gasteiger partial charge in [-0.25, -0.2) is 4.79 Å². The quantitative estimate of drug-likeness (QED) is 0.727. The predicted molar refractivity (Wildman–Crippen MR) is 66.0 cm³/mol. The van der Waals surface area contributed by atoms with Crippen LogP contribution >= 0.6 is 0 Å². The summed E-state index contributed by atoms with van der Waals surface area (Å²) in [4.78, 5) is 24.1. The van der Waals surface area contributed by atoms with Crippen molar-refractivity contribution in [3.8, 4) is 0 Å². The molecule has 1 unspecified atom stereocenters. The molecule has 1 atom stereocenters. The third kappa shape index (κ3) is 4.27. The van der Waals surface area contributed by atoms with Gasteiger partial charge in [-0.05, 0) is 18.8 Å². The maximum absolute atomic E-state index is 12.0. The number of carboxylic acid groups (broad SMARTS) is 1. The molecule has 1 fully saturated rings. The molecule has 18 heavy (non-hydrogen) atoms. The van der Waals surface area contributed by atoms with E-state index >= 15 is 0 Å². The number of nitrogens with two attached hydrogens (primary N) is 1. The minimum absolute atomic E-state index is 0.0262. The number of piperidine rings is 1. The van der Waals surface area contributed by atoms with E-state index in [-0.39, 0.29) is 24.5 Å². The second-order valence-electron chi connectivity index (χ2n) is 5.00. The lowest BCUT2D eigenvalue weighted by Gasteiger charge is -2.33. The first-order valence-electron chi connectivity index (χ1n) is 6.29. The molecule has 0 spiro atoms. The number of hydrogen-bond donors (Lipinski definition) is 2. The Morgan fingerprint density at radius 1 is 1.39 bits per heavy atom. The van der Waals surface area contributed by atoms with Gasteiger partial charge in [-0.3, -0.25) is 4.79 Å². The fourth-order valence-electron chi connectivity index (χ4n) is 1.93. The normalized spacial score (nSPS) is 19.0. The summed E-state index contributed by atoms with van der Waals surface area (Å²) in [6.07, 6.45) is 1.27. The predicted octanol–water partition coefficient (Wildman–Crippen LogP) is 0.0619. The number of carbonyl (C=O) groups excluding carboxylic acids is 1. The fraction of sp³-hybridized carbons (Fsp3) is 0.833. The first-order chi connectivity index (χ1) is 8.41. The molecule has 3 N–H and O–H groups in total. The van der Waals surface area contributed by atoms with Crippen molar-refractivity contribution < 1.29 is 19.4 Å². The number of rotatable bonds is 5. The molecule has 0 aromatic rings. The molecule has 0 aromatic carbocycles. The number of amides is 1. The lowest BCUT2D eigenvalue weighted by Crippen LogP contribution is -2.50. The second kappa shape index (κ2) is 6.70. The molecule has 1 rings (SSSR count). The largest absolute Gasteiger partial charge is 0.480 e. The summed E-state index contributed by atoms with van der Waals surface area (Å²) in [5.74, 6) is -0.865. The molecule has 1 heterocycles. The summed E-state index contributed by atoms with van der Waals surface area (Å²) in [5, 5.41) is 8.51. The van der Waals surface area contributed by atoms with Gasteiger partial charge >= 0.3 is 5.97 Å². The van der Waals surface area contributed by atoms with E-state index in [2.05, 4.69) is 0 Å². The lowest BCUT2D eigenvalue weighted by molar-refractivity contribution is -0.147. The number of ether oxygens (including phenoxy) is 1. The van der Waals surface area contributed by atoms with Crippen molar-refractivity contribution in [2.45, 2.75) is 38.8 Å². The highest BCUT2D eigenvalue weighted by Gasteiger charge is 2.28. The van der Waals surface area contributed by atoms with E-state index in [4.69, 9.17) is 15.6 Å². The Bertz CT molecular complexity index is 298. The van der Waals surface area contributed by atoms with Crippen LogP contribution in [0.15, 0.2) is 0 Å². The third-order valence-corrected chi connectivity index (χ3v) is 3.20. The van der Waals surface area contributed by atoms with E-state index in [1.165, 1.54) is 0 Å². The van der Waals surface area contributed by atoms with Gasteiger partial charge < -0.3 is 20.5 Å². The van der Waals surface area contributed by atoms with Crippen molar-refractivity contribution >= 4 is 11.9 Å². The monoisotopic (exact) mass is 258 g/mol. The number of aliphatic carboxylic acids is 1. The molecule has 1 aliphatic heterocycles. The van der Waals surface area contributed by atoms with Crippen LogP contribution in [0.5, 0.6) is 0 Å². The van der Waals surface area contributed by atoms with E-state index < -0.39 is 12.0 Å². The van der Waals surface area contributed by atoms with Gasteiger partial charge in [0, 0.05) is 13.1 Å². The zero-order valence-corrected chi connectivity index (χ0v) is 11.0. The van der Waals surface area contributed by atoms with Gasteiger partial charge in [-0.2, -0.15) is 0 Å². The Balaban J connectivity index is 2.35. The number of hydrogen-bond acceptors (Lipinski definition) is 4. The van der Waals surface area contributed by atoms with E-state index in [1.54, 1.807) is 4.90 Å².